The summed E-state index contributed by atoms with van der Waals surface area (Å²) in [7, 11) is -0.687. The van der Waals surface area contributed by atoms with E-state index in [0.29, 0.717) is 5.75 Å². The maximum atomic E-state index is 11.1. The highest BCUT2D eigenvalue weighted by atomic mass is 32.2. The second-order valence-electron chi connectivity index (χ2n) is 3.85. The lowest BCUT2D eigenvalue weighted by Crippen LogP contribution is -2.43. The fraction of sp³-hybridized carbons (Fsp3) is 1.00. The van der Waals surface area contributed by atoms with E-state index < -0.39 is 10.8 Å². The number of hydrogen-bond donors (Lipinski definition) is 2. The Morgan fingerprint density at radius 1 is 1.43 bits per heavy atom. The fourth-order valence-electron chi connectivity index (χ4n) is 1.85. The van der Waals surface area contributed by atoms with Crippen molar-refractivity contribution in [2.24, 2.45) is 0 Å². The summed E-state index contributed by atoms with van der Waals surface area (Å²) in [5, 5.41) is 12.9. The summed E-state index contributed by atoms with van der Waals surface area (Å²) in [6, 6.07) is 0.234. The lowest BCUT2D eigenvalue weighted by Gasteiger charge is -2.28. The zero-order chi connectivity index (χ0) is 10.4. The zero-order valence-corrected chi connectivity index (χ0v) is 9.68. The van der Waals surface area contributed by atoms with Gasteiger partial charge in [0.1, 0.15) is 0 Å². The molecule has 0 amide bonds. The van der Waals surface area contributed by atoms with Gasteiger partial charge in [-0.2, -0.15) is 0 Å². The van der Waals surface area contributed by atoms with Crippen LogP contribution in [0, 0.1) is 0 Å². The Morgan fingerprint density at radius 2 is 2.14 bits per heavy atom. The normalized spacial score (nSPS) is 30.1. The van der Waals surface area contributed by atoms with Crippen LogP contribution in [0.15, 0.2) is 0 Å². The predicted molar refractivity (Wildman–Crippen MR) is 59.8 cm³/mol. The Balaban J connectivity index is 2.13. The topological polar surface area (TPSA) is 49.3 Å². The fourth-order valence-corrected chi connectivity index (χ4v) is 2.49. The summed E-state index contributed by atoms with van der Waals surface area (Å²) in [4.78, 5) is 0. The van der Waals surface area contributed by atoms with Crippen molar-refractivity contribution in [3.05, 3.63) is 0 Å². The lowest BCUT2D eigenvalue weighted by atomic mass is 9.93. The Morgan fingerprint density at radius 3 is 2.79 bits per heavy atom. The van der Waals surface area contributed by atoms with Crippen molar-refractivity contribution >= 4 is 10.8 Å². The highest BCUT2D eigenvalue weighted by Gasteiger charge is 2.21. The smallest absolute Gasteiger partial charge is 0.0693 e. The van der Waals surface area contributed by atoms with E-state index in [2.05, 4.69) is 5.32 Å². The second kappa shape index (κ2) is 6.53. The Hall–Kier alpha value is 0.0700. The van der Waals surface area contributed by atoms with Crippen LogP contribution < -0.4 is 5.32 Å². The summed E-state index contributed by atoms with van der Waals surface area (Å²) in [6.45, 7) is 2.70. The Labute approximate surface area is 88.7 Å². The number of aliphatic hydroxyl groups excluding tert-OH is 1. The van der Waals surface area contributed by atoms with E-state index in [1.165, 1.54) is 6.42 Å². The molecule has 0 heterocycles. The van der Waals surface area contributed by atoms with E-state index in [-0.39, 0.29) is 12.1 Å². The van der Waals surface area contributed by atoms with Crippen LogP contribution in [0.2, 0.25) is 0 Å². The van der Waals surface area contributed by atoms with E-state index in [0.717, 1.165) is 31.6 Å². The Bertz CT molecular complexity index is 187. The molecule has 4 heteroatoms. The molecule has 0 saturated heterocycles. The van der Waals surface area contributed by atoms with Crippen molar-refractivity contribution in [3.8, 4) is 0 Å². The van der Waals surface area contributed by atoms with E-state index >= 15 is 0 Å². The highest BCUT2D eigenvalue weighted by Crippen LogP contribution is 2.17. The third kappa shape index (κ3) is 4.07. The molecule has 0 bridgehead atoms. The van der Waals surface area contributed by atoms with Crippen LogP contribution in [0.5, 0.6) is 0 Å². The van der Waals surface area contributed by atoms with Crippen LogP contribution >= 0.6 is 0 Å². The highest BCUT2D eigenvalue weighted by molar-refractivity contribution is 7.84. The van der Waals surface area contributed by atoms with Gasteiger partial charge in [0.05, 0.1) is 6.10 Å². The summed E-state index contributed by atoms with van der Waals surface area (Å²) in [5.74, 6) is 1.44. The van der Waals surface area contributed by atoms with Crippen LogP contribution in [-0.2, 0) is 10.8 Å². The maximum Gasteiger partial charge on any atom is 0.0693 e. The molecule has 0 aromatic rings. The monoisotopic (exact) mass is 219 g/mol. The number of hydrogen-bond acceptors (Lipinski definition) is 3. The minimum atomic E-state index is -0.687. The van der Waals surface area contributed by atoms with Crippen LogP contribution in [0.4, 0.5) is 0 Å². The average molecular weight is 219 g/mol. The van der Waals surface area contributed by atoms with Crippen molar-refractivity contribution in [1.29, 1.82) is 0 Å². The van der Waals surface area contributed by atoms with Gasteiger partial charge in [-0.3, -0.25) is 4.21 Å². The molecule has 1 saturated carbocycles. The van der Waals surface area contributed by atoms with Gasteiger partial charge in [-0.1, -0.05) is 19.8 Å². The van der Waals surface area contributed by atoms with Gasteiger partial charge < -0.3 is 10.4 Å². The van der Waals surface area contributed by atoms with Crippen LogP contribution in [-0.4, -0.2) is 39.5 Å². The molecule has 3 nitrogen and oxygen atoms in total. The van der Waals surface area contributed by atoms with Gasteiger partial charge in [0, 0.05) is 34.9 Å². The van der Waals surface area contributed by atoms with Gasteiger partial charge in [0.25, 0.3) is 0 Å². The van der Waals surface area contributed by atoms with Crippen molar-refractivity contribution in [3.63, 3.8) is 0 Å². The van der Waals surface area contributed by atoms with Crippen molar-refractivity contribution in [2.75, 3.05) is 18.1 Å². The molecule has 2 N–H and O–H groups in total. The van der Waals surface area contributed by atoms with Crippen LogP contribution in [0.3, 0.4) is 0 Å². The third-order valence-corrected chi connectivity index (χ3v) is 4.09. The number of aliphatic hydroxyl groups is 1. The molecule has 1 fully saturated rings. The van der Waals surface area contributed by atoms with E-state index in [1.54, 1.807) is 0 Å². The molecule has 0 spiro atoms. The van der Waals surface area contributed by atoms with Gasteiger partial charge in [0.2, 0.25) is 0 Å². The molecule has 84 valence electrons. The molecular weight excluding hydrogens is 198 g/mol. The molecule has 1 rings (SSSR count). The van der Waals surface area contributed by atoms with Gasteiger partial charge in [-0.05, 0) is 12.8 Å². The van der Waals surface area contributed by atoms with Gasteiger partial charge in [0.15, 0.2) is 0 Å². The molecule has 0 aliphatic heterocycles. The first-order valence-corrected chi connectivity index (χ1v) is 6.99. The third-order valence-electron chi connectivity index (χ3n) is 2.79. The molecule has 3 atom stereocenters. The van der Waals surface area contributed by atoms with Crippen LogP contribution in [0.25, 0.3) is 0 Å². The zero-order valence-electron chi connectivity index (χ0n) is 8.87. The van der Waals surface area contributed by atoms with Crippen molar-refractivity contribution in [1.82, 2.24) is 5.32 Å². The van der Waals surface area contributed by atoms with E-state index in [1.807, 2.05) is 6.92 Å². The average Bonchev–Trinajstić information content (AvgIpc) is 2.20. The molecule has 1 aliphatic rings. The summed E-state index contributed by atoms with van der Waals surface area (Å²) < 4.78 is 11.1. The van der Waals surface area contributed by atoms with E-state index in [9.17, 15) is 9.32 Å². The summed E-state index contributed by atoms with van der Waals surface area (Å²) >= 11 is 0. The quantitative estimate of drug-likeness (QED) is 0.714. The molecule has 0 aromatic carbocycles. The largest absolute Gasteiger partial charge is 0.392 e. The molecule has 14 heavy (non-hydrogen) atoms. The van der Waals surface area contributed by atoms with Gasteiger partial charge in [-0.15, -0.1) is 0 Å². The molecule has 1 aliphatic carbocycles. The van der Waals surface area contributed by atoms with Gasteiger partial charge in [-0.25, -0.2) is 0 Å². The van der Waals surface area contributed by atoms with Crippen LogP contribution in [0.1, 0.15) is 32.6 Å². The van der Waals surface area contributed by atoms with Gasteiger partial charge >= 0.3 is 0 Å². The first-order chi connectivity index (χ1) is 6.74. The molecule has 0 aromatic heterocycles. The van der Waals surface area contributed by atoms with E-state index in [4.69, 9.17) is 0 Å². The van der Waals surface area contributed by atoms with Crippen molar-refractivity contribution < 1.29 is 9.32 Å². The lowest BCUT2D eigenvalue weighted by molar-refractivity contribution is 0.0921. The summed E-state index contributed by atoms with van der Waals surface area (Å²) in [6.07, 6.45) is 4.11. The number of nitrogens with one attached hydrogen (secondary N) is 1. The summed E-state index contributed by atoms with van der Waals surface area (Å²) in [5.41, 5.74) is 0. The molecule has 0 radical (unpaired) electrons. The maximum absolute atomic E-state index is 11.1. The SMILES string of the molecule is CCS(=O)CCNC1CCCCC1O. The van der Waals surface area contributed by atoms with Crippen molar-refractivity contribution in [2.45, 2.75) is 44.8 Å². The predicted octanol–water partition coefficient (Wildman–Crippen LogP) is 0.648. The first kappa shape index (κ1) is 12.1. The minimum absolute atomic E-state index is 0.196. The second-order valence-corrected chi connectivity index (χ2v) is 5.71. The Kier molecular flexibility index (Phi) is 5.67. The number of rotatable bonds is 5. The standard InChI is InChI=1S/C10H21NO2S/c1-2-14(13)8-7-11-9-5-3-4-6-10(9)12/h9-12H,2-8H2,1H3. The molecular formula is C10H21NO2S. The first-order valence-electron chi connectivity index (χ1n) is 5.50. The molecule has 3 unspecified atom stereocenters. The minimum Gasteiger partial charge on any atom is -0.392 e.